The number of ether oxygens (including phenoxy) is 2. The number of benzene rings is 2. The SMILES string of the molecule is COc1ccc(N2C(=O)CCC(C(=O)NCc3ccco3)C2c2ccccc2OC)cc1. The van der Waals surface area contributed by atoms with E-state index >= 15 is 0 Å². The van der Waals surface area contributed by atoms with Gasteiger partial charge in [0.2, 0.25) is 11.8 Å². The molecule has 2 heterocycles. The van der Waals surface area contributed by atoms with Crippen LogP contribution in [0.15, 0.2) is 71.3 Å². The molecule has 0 radical (unpaired) electrons. The monoisotopic (exact) mass is 434 g/mol. The standard InChI is InChI=1S/C25H26N2O5/c1-30-18-11-9-17(10-12-18)27-23(28)14-13-21(25(29)26-16-19-6-5-15-32-19)24(27)20-7-3-4-8-22(20)31-2/h3-12,15,21,24H,13-14,16H2,1-2H3,(H,26,29). The van der Waals surface area contributed by atoms with Crippen molar-refractivity contribution in [2.24, 2.45) is 5.92 Å². The maximum atomic E-state index is 13.3. The number of hydrogen-bond donors (Lipinski definition) is 1. The van der Waals surface area contributed by atoms with E-state index < -0.39 is 12.0 Å². The van der Waals surface area contributed by atoms with E-state index in [1.165, 1.54) is 0 Å². The molecule has 166 valence electrons. The molecule has 1 aromatic heterocycles. The van der Waals surface area contributed by atoms with Gasteiger partial charge in [0.25, 0.3) is 0 Å². The summed E-state index contributed by atoms with van der Waals surface area (Å²) in [6.45, 7) is 0.289. The molecule has 2 atom stereocenters. The fourth-order valence-corrected chi connectivity index (χ4v) is 4.20. The molecule has 0 aliphatic carbocycles. The average molecular weight is 434 g/mol. The topological polar surface area (TPSA) is 81.0 Å². The van der Waals surface area contributed by atoms with E-state index in [0.29, 0.717) is 29.4 Å². The Morgan fingerprint density at radius 3 is 2.53 bits per heavy atom. The second-order valence-electron chi connectivity index (χ2n) is 7.59. The average Bonchev–Trinajstić information content (AvgIpc) is 3.36. The van der Waals surface area contributed by atoms with E-state index in [-0.39, 0.29) is 24.8 Å². The van der Waals surface area contributed by atoms with Crippen LogP contribution in [0.1, 0.15) is 30.2 Å². The lowest BCUT2D eigenvalue weighted by molar-refractivity contribution is -0.129. The molecule has 1 aliphatic heterocycles. The Balaban J connectivity index is 1.72. The van der Waals surface area contributed by atoms with Gasteiger partial charge in [-0.15, -0.1) is 0 Å². The van der Waals surface area contributed by atoms with Gasteiger partial charge in [-0.3, -0.25) is 9.59 Å². The fourth-order valence-electron chi connectivity index (χ4n) is 4.20. The molecule has 0 spiro atoms. The Bertz CT molecular complexity index is 1060. The minimum absolute atomic E-state index is 0.0406. The minimum Gasteiger partial charge on any atom is -0.497 e. The van der Waals surface area contributed by atoms with E-state index in [1.54, 1.807) is 31.4 Å². The summed E-state index contributed by atoms with van der Waals surface area (Å²) >= 11 is 0. The molecule has 0 bridgehead atoms. The highest BCUT2D eigenvalue weighted by atomic mass is 16.5. The number of carbonyl (C=O) groups is 2. The van der Waals surface area contributed by atoms with Gasteiger partial charge in [0.05, 0.1) is 39.0 Å². The summed E-state index contributed by atoms with van der Waals surface area (Å²) in [5, 5.41) is 2.97. The maximum Gasteiger partial charge on any atom is 0.227 e. The zero-order valence-corrected chi connectivity index (χ0v) is 18.1. The summed E-state index contributed by atoms with van der Waals surface area (Å²) in [5.74, 6) is 1.37. The first kappa shape index (κ1) is 21.5. The van der Waals surface area contributed by atoms with Crippen molar-refractivity contribution in [3.63, 3.8) is 0 Å². The summed E-state index contributed by atoms with van der Waals surface area (Å²) in [6, 6.07) is 17.9. The van der Waals surface area contributed by atoms with Crippen LogP contribution in [0.4, 0.5) is 5.69 Å². The predicted octanol–water partition coefficient (Wildman–Crippen LogP) is 4.10. The van der Waals surface area contributed by atoms with Crippen molar-refractivity contribution in [2.75, 3.05) is 19.1 Å². The molecular formula is C25H26N2O5. The number of nitrogens with one attached hydrogen (secondary N) is 1. The molecule has 2 unspecified atom stereocenters. The number of carbonyl (C=O) groups excluding carboxylic acids is 2. The van der Waals surface area contributed by atoms with Gasteiger partial charge in [-0.05, 0) is 48.9 Å². The van der Waals surface area contributed by atoms with E-state index in [1.807, 2.05) is 54.6 Å². The number of rotatable bonds is 7. The van der Waals surface area contributed by atoms with Crippen molar-refractivity contribution in [1.82, 2.24) is 5.32 Å². The lowest BCUT2D eigenvalue weighted by atomic mass is 9.82. The van der Waals surface area contributed by atoms with Gasteiger partial charge in [0.1, 0.15) is 17.3 Å². The van der Waals surface area contributed by atoms with Gasteiger partial charge < -0.3 is 24.1 Å². The molecule has 7 nitrogen and oxygen atoms in total. The zero-order chi connectivity index (χ0) is 22.5. The molecule has 3 aromatic rings. The van der Waals surface area contributed by atoms with Crippen LogP contribution >= 0.6 is 0 Å². The summed E-state index contributed by atoms with van der Waals surface area (Å²) in [4.78, 5) is 28.2. The number of methoxy groups -OCH3 is 2. The van der Waals surface area contributed by atoms with Crippen LogP contribution in [0.25, 0.3) is 0 Å². The third-order valence-electron chi connectivity index (χ3n) is 5.76. The predicted molar refractivity (Wildman–Crippen MR) is 119 cm³/mol. The third kappa shape index (κ3) is 4.32. The molecule has 1 N–H and O–H groups in total. The van der Waals surface area contributed by atoms with Crippen molar-refractivity contribution >= 4 is 17.5 Å². The molecule has 0 saturated carbocycles. The van der Waals surface area contributed by atoms with Crippen LogP contribution in [0.2, 0.25) is 0 Å². The third-order valence-corrected chi connectivity index (χ3v) is 5.76. The maximum absolute atomic E-state index is 13.3. The number of nitrogens with zero attached hydrogens (tertiary/aromatic N) is 1. The molecule has 4 rings (SSSR count). The Morgan fingerprint density at radius 1 is 1.06 bits per heavy atom. The van der Waals surface area contributed by atoms with Crippen LogP contribution in [0.5, 0.6) is 11.5 Å². The van der Waals surface area contributed by atoms with Crippen molar-refractivity contribution < 1.29 is 23.5 Å². The summed E-state index contributed by atoms with van der Waals surface area (Å²) in [5.41, 5.74) is 1.49. The number of piperidine rings is 1. The molecule has 7 heteroatoms. The van der Waals surface area contributed by atoms with Gasteiger partial charge in [-0.25, -0.2) is 0 Å². The number of hydrogen-bond acceptors (Lipinski definition) is 5. The first-order valence-corrected chi connectivity index (χ1v) is 10.5. The number of para-hydroxylation sites is 1. The highest BCUT2D eigenvalue weighted by Gasteiger charge is 2.42. The van der Waals surface area contributed by atoms with Gasteiger partial charge in [-0.2, -0.15) is 0 Å². The van der Waals surface area contributed by atoms with Crippen LogP contribution in [-0.2, 0) is 16.1 Å². The highest BCUT2D eigenvalue weighted by Crippen LogP contribution is 2.43. The Morgan fingerprint density at radius 2 is 1.84 bits per heavy atom. The molecule has 2 aromatic carbocycles. The molecular weight excluding hydrogens is 408 g/mol. The largest absolute Gasteiger partial charge is 0.497 e. The molecule has 2 amide bonds. The zero-order valence-electron chi connectivity index (χ0n) is 18.1. The number of amides is 2. The second-order valence-corrected chi connectivity index (χ2v) is 7.59. The van der Waals surface area contributed by atoms with E-state index in [9.17, 15) is 9.59 Å². The van der Waals surface area contributed by atoms with Crippen molar-refractivity contribution in [1.29, 1.82) is 0 Å². The van der Waals surface area contributed by atoms with E-state index in [2.05, 4.69) is 5.32 Å². The summed E-state index contributed by atoms with van der Waals surface area (Å²) in [6.07, 6.45) is 2.29. The Hall–Kier alpha value is -3.74. The quantitative estimate of drug-likeness (QED) is 0.606. The Kier molecular flexibility index (Phi) is 6.44. The van der Waals surface area contributed by atoms with Crippen LogP contribution in [-0.4, -0.2) is 26.0 Å². The fraction of sp³-hybridized carbons (Fsp3) is 0.280. The normalized spacial score (nSPS) is 18.3. The lowest BCUT2D eigenvalue weighted by Gasteiger charge is -2.41. The number of furan rings is 1. The first-order valence-electron chi connectivity index (χ1n) is 10.5. The number of anilines is 1. The van der Waals surface area contributed by atoms with Crippen molar-refractivity contribution in [3.05, 3.63) is 78.3 Å². The van der Waals surface area contributed by atoms with Crippen molar-refractivity contribution in [2.45, 2.75) is 25.4 Å². The van der Waals surface area contributed by atoms with Gasteiger partial charge in [0, 0.05) is 17.7 Å². The van der Waals surface area contributed by atoms with Crippen LogP contribution < -0.4 is 19.7 Å². The van der Waals surface area contributed by atoms with Crippen molar-refractivity contribution in [3.8, 4) is 11.5 Å². The molecule has 1 aliphatic rings. The molecule has 1 saturated heterocycles. The summed E-state index contributed by atoms with van der Waals surface area (Å²) < 4.78 is 16.2. The lowest BCUT2D eigenvalue weighted by Crippen LogP contribution is -2.48. The molecule has 1 fully saturated rings. The van der Waals surface area contributed by atoms with Gasteiger partial charge in [0.15, 0.2) is 0 Å². The first-order chi connectivity index (χ1) is 15.6. The minimum atomic E-state index is -0.516. The second kappa shape index (κ2) is 9.60. The van der Waals surface area contributed by atoms with Gasteiger partial charge in [-0.1, -0.05) is 18.2 Å². The van der Waals surface area contributed by atoms with Crippen LogP contribution in [0.3, 0.4) is 0 Å². The smallest absolute Gasteiger partial charge is 0.227 e. The highest BCUT2D eigenvalue weighted by molar-refractivity contribution is 5.97. The van der Waals surface area contributed by atoms with Crippen LogP contribution in [0, 0.1) is 5.92 Å². The summed E-state index contributed by atoms with van der Waals surface area (Å²) in [7, 11) is 3.19. The van der Waals surface area contributed by atoms with E-state index in [0.717, 1.165) is 5.56 Å². The molecule has 32 heavy (non-hydrogen) atoms. The van der Waals surface area contributed by atoms with E-state index in [4.69, 9.17) is 13.9 Å². The van der Waals surface area contributed by atoms with Gasteiger partial charge >= 0.3 is 0 Å². The Labute approximate surface area is 186 Å².